The Morgan fingerprint density at radius 1 is 1.06 bits per heavy atom. The van der Waals surface area contributed by atoms with Gasteiger partial charge < -0.3 is 4.74 Å². The molecule has 2 aromatic carbocycles. The second kappa shape index (κ2) is 7.52. The fourth-order valence-electron chi connectivity index (χ4n) is 3.71. The lowest BCUT2D eigenvalue weighted by Gasteiger charge is -2.09. The minimum atomic E-state index is -0.276. The Kier molecular flexibility index (Phi) is 4.67. The van der Waals surface area contributed by atoms with E-state index < -0.39 is 0 Å². The SMILES string of the molecule is CCc1nn2c(nnc3c(=O)n(-c4cccc(OC)c4)ccc32)c1-c1ccc(Cl)cc1. The van der Waals surface area contributed by atoms with Crippen LogP contribution in [0.3, 0.4) is 0 Å². The van der Waals surface area contributed by atoms with Crippen LogP contribution in [0.4, 0.5) is 0 Å². The molecule has 5 rings (SSSR count). The zero-order chi connectivity index (χ0) is 21.5. The molecule has 0 fully saturated rings. The van der Waals surface area contributed by atoms with Gasteiger partial charge in [0, 0.05) is 17.3 Å². The Labute approximate surface area is 182 Å². The van der Waals surface area contributed by atoms with Crippen molar-refractivity contribution in [1.29, 1.82) is 0 Å². The third kappa shape index (κ3) is 3.14. The van der Waals surface area contributed by atoms with Crippen molar-refractivity contribution in [3.63, 3.8) is 0 Å². The van der Waals surface area contributed by atoms with E-state index in [1.807, 2.05) is 55.5 Å². The van der Waals surface area contributed by atoms with Gasteiger partial charge in [-0.05, 0) is 42.3 Å². The fraction of sp³-hybridized carbons (Fsp3) is 0.130. The average molecular weight is 432 g/mol. The third-order valence-electron chi connectivity index (χ3n) is 5.25. The molecule has 154 valence electrons. The molecule has 0 aliphatic carbocycles. The average Bonchev–Trinajstić information content (AvgIpc) is 3.19. The highest BCUT2D eigenvalue weighted by atomic mass is 35.5. The van der Waals surface area contributed by atoms with Crippen LogP contribution in [0.1, 0.15) is 12.6 Å². The molecular formula is C23H18ClN5O2. The molecule has 0 bridgehead atoms. The summed E-state index contributed by atoms with van der Waals surface area (Å²) in [5.74, 6) is 0.665. The summed E-state index contributed by atoms with van der Waals surface area (Å²) in [6.07, 6.45) is 2.43. The number of hydrogen-bond acceptors (Lipinski definition) is 5. The Hall–Kier alpha value is -3.71. The maximum absolute atomic E-state index is 13.2. The first-order chi connectivity index (χ1) is 15.1. The Morgan fingerprint density at radius 3 is 2.61 bits per heavy atom. The number of hydrogen-bond donors (Lipinski definition) is 0. The summed E-state index contributed by atoms with van der Waals surface area (Å²) in [5.41, 5.74) is 4.58. The molecule has 31 heavy (non-hydrogen) atoms. The lowest BCUT2D eigenvalue weighted by Crippen LogP contribution is -2.20. The molecule has 3 aromatic heterocycles. The van der Waals surface area contributed by atoms with Crippen molar-refractivity contribution in [2.75, 3.05) is 7.11 Å². The number of nitrogens with zero attached hydrogens (tertiary/aromatic N) is 5. The Morgan fingerprint density at radius 2 is 1.87 bits per heavy atom. The number of pyridine rings is 1. The first kappa shape index (κ1) is 19.3. The summed E-state index contributed by atoms with van der Waals surface area (Å²) in [5, 5.41) is 14.1. The van der Waals surface area contributed by atoms with E-state index in [1.54, 1.807) is 23.9 Å². The van der Waals surface area contributed by atoms with Crippen molar-refractivity contribution in [3.8, 4) is 22.6 Å². The van der Waals surface area contributed by atoms with Crippen LogP contribution in [0.25, 0.3) is 33.5 Å². The van der Waals surface area contributed by atoms with Crippen molar-refractivity contribution in [3.05, 3.63) is 81.9 Å². The number of halogens is 1. The van der Waals surface area contributed by atoms with Crippen LogP contribution in [0, 0.1) is 0 Å². The molecular weight excluding hydrogens is 414 g/mol. The lowest BCUT2D eigenvalue weighted by molar-refractivity contribution is 0.414. The van der Waals surface area contributed by atoms with Crippen molar-refractivity contribution in [2.24, 2.45) is 0 Å². The minimum Gasteiger partial charge on any atom is -0.497 e. The minimum absolute atomic E-state index is 0.241. The van der Waals surface area contributed by atoms with E-state index in [-0.39, 0.29) is 11.1 Å². The number of benzene rings is 2. The zero-order valence-electron chi connectivity index (χ0n) is 16.9. The monoisotopic (exact) mass is 431 g/mol. The highest BCUT2D eigenvalue weighted by molar-refractivity contribution is 6.30. The van der Waals surface area contributed by atoms with Gasteiger partial charge in [0.1, 0.15) is 11.3 Å². The molecule has 7 nitrogen and oxygen atoms in total. The van der Waals surface area contributed by atoms with E-state index in [0.717, 1.165) is 16.8 Å². The van der Waals surface area contributed by atoms with Crippen LogP contribution in [0.2, 0.25) is 5.02 Å². The van der Waals surface area contributed by atoms with E-state index in [2.05, 4.69) is 10.2 Å². The fourth-order valence-corrected chi connectivity index (χ4v) is 3.84. The summed E-state index contributed by atoms with van der Waals surface area (Å²) in [6.45, 7) is 2.03. The Bertz CT molecular complexity index is 1490. The van der Waals surface area contributed by atoms with Crippen LogP contribution in [-0.2, 0) is 6.42 Å². The summed E-state index contributed by atoms with van der Waals surface area (Å²) in [6, 6.07) is 16.7. The van der Waals surface area contributed by atoms with Crippen LogP contribution < -0.4 is 10.3 Å². The summed E-state index contributed by atoms with van der Waals surface area (Å²) < 4.78 is 8.49. The van der Waals surface area contributed by atoms with Crippen LogP contribution in [0.15, 0.2) is 65.6 Å². The van der Waals surface area contributed by atoms with E-state index in [9.17, 15) is 4.79 Å². The van der Waals surface area contributed by atoms with Crippen LogP contribution in [0.5, 0.6) is 5.75 Å². The number of aryl methyl sites for hydroxylation is 1. The lowest BCUT2D eigenvalue weighted by atomic mass is 10.0. The van der Waals surface area contributed by atoms with E-state index >= 15 is 0 Å². The molecule has 0 saturated heterocycles. The van der Waals surface area contributed by atoms with E-state index in [4.69, 9.17) is 21.4 Å². The summed E-state index contributed by atoms with van der Waals surface area (Å²) >= 11 is 6.05. The summed E-state index contributed by atoms with van der Waals surface area (Å²) in [7, 11) is 1.59. The molecule has 5 aromatic rings. The Balaban J connectivity index is 1.75. The maximum atomic E-state index is 13.2. The van der Waals surface area contributed by atoms with Gasteiger partial charge in [-0.3, -0.25) is 9.36 Å². The normalized spacial score (nSPS) is 11.3. The van der Waals surface area contributed by atoms with E-state index in [0.29, 0.717) is 34.0 Å². The molecule has 3 heterocycles. The maximum Gasteiger partial charge on any atom is 0.285 e. The zero-order valence-corrected chi connectivity index (χ0v) is 17.7. The molecule has 0 aliphatic rings. The van der Waals surface area contributed by atoms with Gasteiger partial charge in [0.2, 0.25) is 0 Å². The van der Waals surface area contributed by atoms with Crippen molar-refractivity contribution >= 4 is 28.3 Å². The van der Waals surface area contributed by atoms with Gasteiger partial charge in [-0.15, -0.1) is 10.2 Å². The number of aromatic nitrogens is 5. The van der Waals surface area contributed by atoms with E-state index in [1.165, 1.54) is 4.57 Å². The largest absolute Gasteiger partial charge is 0.497 e. The second-order valence-electron chi connectivity index (χ2n) is 7.04. The molecule has 0 amide bonds. The molecule has 0 radical (unpaired) electrons. The van der Waals surface area contributed by atoms with Gasteiger partial charge in [0.05, 0.1) is 24.1 Å². The number of methoxy groups -OCH3 is 1. The number of ether oxygens (including phenoxy) is 1. The van der Waals surface area contributed by atoms with Crippen molar-refractivity contribution in [2.45, 2.75) is 13.3 Å². The second-order valence-corrected chi connectivity index (χ2v) is 7.48. The van der Waals surface area contributed by atoms with Gasteiger partial charge in [-0.1, -0.05) is 36.7 Å². The number of fused-ring (bicyclic) bond motifs is 3. The van der Waals surface area contributed by atoms with Gasteiger partial charge in [-0.25, -0.2) is 4.52 Å². The highest BCUT2D eigenvalue weighted by Gasteiger charge is 2.19. The smallest absolute Gasteiger partial charge is 0.285 e. The van der Waals surface area contributed by atoms with Gasteiger partial charge in [0.25, 0.3) is 5.56 Å². The van der Waals surface area contributed by atoms with Crippen molar-refractivity contribution < 1.29 is 4.74 Å². The molecule has 0 saturated carbocycles. The molecule has 0 atom stereocenters. The van der Waals surface area contributed by atoms with Crippen molar-refractivity contribution in [1.82, 2.24) is 24.4 Å². The van der Waals surface area contributed by atoms with Gasteiger partial charge >= 0.3 is 0 Å². The highest BCUT2D eigenvalue weighted by Crippen LogP contribution is 2.30. The predicted molar refractivity (Wildman–Crippen MR) is 120 cm³/mol. The topological polar surface area (TPSA) is 74.3 Å². The van der Waals surface area contributed by atoms with Gasteiger partial charge in [-0.2, -0.15) is 5.10 Å². The summed E-state index contributed by atoms with van der Waals surface area (Å²) in [4.78, 5) is 13.2. The molecule has 0 aliphatic heterocycles. The molecule has 0 unspecified atom stereocenters. The first-order valence-corrected chi connectivity index (χ1v) is 10.2. The standard InChI is InChI=1S/C23H18ClN5O2/c1-3-18-20(14-7-9-15(24)10-8-14)22-26-25-21-19(29(22)27-18)11-12-28(23(21)30)16-5-4-6-17(13-16)31-2/h4-13H,3H2,1-2H3. The predicted octanol–water partition coefficient (Wildman–Crippen LogP) is 4.32. The number of rotatable bonds is 4. The van der Waals surface area contributed by atoms with Crippen LogP contribution in [-0.4, -0.2) is 31.5 Å². The molecule has 0 N–H and O–H groups in total. The quantitative estimate of drug-likeness (QED) is 0.423. The molecule has 0 spiro atoms. The molecule has 8 heteroatoms. The van der Waals surface area contributed by atoms with Crippen LogP contribution >= 0.6 is 11.6 Å². The van der Waals surface area contributed by atoms with Gasteiger partial charge in [0.15, 0.2) is 11.2 Å². The first-order valence-electron chi connectivity index (χ1n) is 9.80. The third-order valence-corrected chi connectivity index (χ3v) is 5.50.